The minimum absolute atomic E-state index is 0.121. The highest BCUT2D eigenvalue weighted by molar-refractivity contribution is 7.89. The summed E-state index contributed by atoms with van der Waals surface area (Å²) in [5.74, 6) is 0.451. The van der Waals surface area contributed by atoms with Crippen LogP contribution in [0.3, 0.4) is 0 Å². The molecule has 6 nitrogen and oxygen atoms in total. The van der Waals surface area contributed by atoms with Gasteiger partial charge in [0.2, 0.25) is 10.0 Å². The Hall–Kier alpha value is -1.86. The number of nitrogens with zero attached hydrogens (tertiary/aromatic N) is 2. The maximum atomic E-state index is 12.1. The van der Waals surface area contributed by atoms with Crippen molar-refractivity contribution < 1.29 is 8.42 Å². The zero-order valence-electron chi connectivity index (χ0n) is 10.8. The van der Waals surface area contributed by atoms with Crippen molar-refractivity contribution in [3.05, 3.63) is 41.6 Å². The summed E-state index contributed by atoms with van der Waals surface area (Å²) in [4.78, 5) is 0.245. The highest BCUT2D eigenvalue weighted by Crippen LogP contribution is 2.13. The molecule has 0 unspecified atom stereocenters. The van der Waals surface area contributed by atoms with E-state index in [2.05, 4.69) is 9.82 Å². The second-order valence-corrected chi connectivity index (χ2v) is 6.09. The Morgan fingerprint density at radius 1 is 1.42 bits per heavy atom. The smallest absolute Gasteiger partial charge is 0.240 e. The number of aryl methyl sites for hydroxylation is 2. The van der Waals surface area contributed by atoms with Gasteiger partial charge in [-0.1, -0.05) is 12.1 Å². The molecule has 0 bridgehead atoms. The zero-order chi connectivity index (χ0) is 14.0. The van der Waals surface area contributed by atoms with E-state index in [4.69, 9.17) is 5.73 Å². The van der Waals surface area contributed by atoms with Gasteiger partial charge in [-0.25, -0.2) is 13.1 Å². The molecule has 0 saturated heterocycles. The second-order valence-electron chi connectivity index (χ2n) is 4.32. The molecule has 19 heavy (non-hydrogen) atoms. The molecule has 2 rings (SSSR count). The van der Waals surface area contributed by atoms with E-state index in [9.17, 15) is 8.42 Å². The first kappa shape index (κ1) is 13.6. The molecule has 0 aliphatic heterocycles. The van der Waals surface area contributed by atoms with Crippen LogP contribution in [0, 0.1) is 6.92 Å². The van der Waals surface area contributed by atoms with E-state index >= 15 is 0 Å². The minimum Gasteiger partial charge on any atom is -0.384 e. The number of hydrogen-bond donors (Lipinski definition) is 2. The third-order valence-electron chi connectivity index (χ3n) is 2.82. The fourth-order valence-corrected chi connectivity index (χ4v) is 2.78. The van der Waals surface area contributed by atoms with E-state index in [0.717, 1.165) is 5.56 Å². The lowest BCUT2D eigenvalue weighted by Gasteiger charge is -2.07. The van der Waals surface area contributed by atoms with Crippen LogP contribution in [0.1, 0.15) is 11.1 Å². The summed E-state index contributed by atoms with van der Waals surface area (Å²) >= 11 is 0. The van der Waals surface area contributed by atoms with Crippen molar-refractivity contribution in [2.45, 2.75) is 18.4 Å². The highest BCUT2D eigenvalue weighted by atomic mass is 32.2. The molecule has 1 aromatic carbocycles. The standard InChI is InChI=1S/C12H16N4O2S/c1-9-4-3-5-11(6-9)19(17,18)15-8-10-7-14-16(2)12(10)13/h3-7,15H,8,13H2,1-2H3. The van der Waals surface area contributed by atoms with Crippen LogP contribution in [0.4, 0.5) is 5.82 Å². The molecule has 0 aliphatic rings. The molecular formula is C12H16N4O2S. The van der Waals surface area contributed by atoms with Crippen LogP contribution in [0.15, 0.2) is 35.4 Å². The van der Waals surface area contributed by atoms with Crippen molar-refractivity contribution in [1.29, 1.82) is 0 Å². The lowest BCUT2D eigenvalue weighted by Crippen LogP contribution is -2.23. The van der Waals surface area contributed by atoms with E-state index in [1.165, 1.54) is 4.68 Å². The maximum absolute atomic E-state index is 12.1. The number of rotatable bonds is 4. The molecule has 1 heterocycles. The first-order chi connectivity index (χ1) is 8.90. The van der Waals surface area contributed by atoms with Gasteiger partial charge in [-0.3, -0.25) is 4.68 Å². The molecule has 102 valence electrons. The Kier molecular flexibility index (Phi) is 3.59. The van der Waals surface area contributed by atoms with Gasteiger partial charge < -0.3 is 5.73 Å². The fraction of sp³-hybridized carbons (Fsp3) is 0.250. The number of benzene rings is 1. The minimum atomic E-state index is -3.53. The van der Waals surface area contributed by atoms with Crippen LogP contribution in [0.2, 0.25) is 0 Å². The van der Waals surface area contributed by atoms with Gasteiger partial charge in [0.25, 0.3) is 0 Å². The number of hydrogen-bond acceptors (Lipinski definition) is 4. The van der Waals surface area contributed by atoms with Gasteiger partial charge in [0.05, 0.1) is 11.1 Å². The Bertz CT molecular complexity index is 692. The molecule has 0 spiro atoms. The summed E-state index contributed by atoms with van der Waals surface area (Å²) in [5.41, 5.74) is 7.30. The summed E-state index contributed by atoms with van der Waals surface area (Å²) in [6.45, 7) is 1.97. The van der Waals surface area contributed by atoms with Crippen molar-refractivity contribution in [3.8, 4) is 0 Å². The molecule has 7 heteroatoms. The van der Waals surface area contributed by atoms with E-state index < -0.39 is 10.0 Å². The first-order valence-electron chi connectivity index (χ1n) is 5.73. The van der Waals surface area contributed by atoms with E-state index in [1.54, 1.807) is 31.4 Å². The summed E-state index contributed by atoms with van der Waals surface area (Å²) < 4.78 is 28.2. The molecule has 0 fully saturated rings. The predicted octanol–water partition coefficient (Wildman–Crippen LogP) is 0.789. The molecule has 2 aromatic rings. The van der Waals surface area contributed by atoms with Crippen LogP contribution < -0.4 is 10.5 Å². The fourth-order valence-electron chi connectivity index (χ4n) is 1.67. The van der Waals surface area contributed by atoms with E-state index in [0.29, 0.717) is 11.4 Å². The summed E-state index contributed by atoms with van der Waals surface area (Å²) in [5, 5.41) is 3.96. The molecule has 0 amide bonds. The average molecular weight is 280 g/mol. The monoisotopic (exact) mass is 280 g/mol. The third-order valence-corrected chi connectivity index (χ3v) is 4.22. The molecular weight excluding hydrogens is 264 g/mol. The summed E-state index contributed by atoms with van der Waals surface area (Å²) in [6.07, 6.45) is 1.55. The SMILES string of the molecule is Cc1cccc(S(=O)(=O)NCc2cnn(C)c2N)c1. The highest BCUT2D eigenvalue weighted by Gasteiger charge is 2.15. The first-order valence-corrected chi connectivity index (χ1v) is 7.21. The number of aromatic nitrogens is 2. The quantitative estimate of drug-likeness (QED) is 0.866. The second kappa shape index (κ2) is 5.02. The van der Waals surface area contributed by atoms with Crippen LogP contribution in [0.5, 0.6) is 0 Å². The van der Waals surface area contributed by atoms with Crippen molar-refractivity contribution in [2.75, 3.05) is 5.73 Å². The lowest BCUT2D eigenvalue weighted by molar-refractivity contribution is 0.581. The molecule has 1 aromatic heterocycles. The van der Waals surface area contributed by atoms with Crippen molar-refractivity contribution in [3.63, 3.8) is 0 Å². The normalized spacial score (nSPS) is 11.7. The lowest BCUT2D eigenvalue weighted by atomic mass is 10.2. The molecule has 0 atom stereocenters. The van der Waals surface area contributed by atoms with Gasteiger partial charge in [-0.2, -0.15) is 5.10 Å². The summed E-state index contributed by atoms with van der Waals surface area (Å²) in [6, 6.07) is 6.73. The van der Waals surface area contributed by atoms with Gasteiger partial charge in [0.1, 0.15) is 5.82 Å². The topological polar surface area (TPSA) is 90.0 Å². The predicted molar refractivity (Wildman–Crippen MR) is 72.8 cm³/mol. The number of sulfonamides is 1. The largest absolute Gasteiger partial charge is 0.384 e. The van der Waals surface area contributed by atoms with Gasteiger partial charge in [-0.15, -0.1) is 0 Å². The number of nitrogen functional groups attached to an aromatic ring is 1. The number of anilines is 1. The van der Waals surface area contributed by atoms with Crippen molar-refractivity contribution >= 4 is 15.8 Å². The van der Waals surface area contributed by atoms with Crippen LogP contribution in [0.25, 0.3) is 0 Å². The van der Waals surface area contributed by atoms with Gasteiger partial charge >= 0.3 is 0 Å². The van der Waals surface area contributed by atoms with Gasteiger partial charge in [0.15, 0.2) is 0 Å². The molecule has 0 saturated carbocycles. The van der Waals surface area contributed by atoms with Gasteiger partial charge in [-0.05, 0) is 24.6 Å². The van der Waals surface area contributed by atoms with E-state index in [-0.39, 0.29) is 11.4 Å². The Labute approximate surface area is 112 Å². The van der Waals surface area contributed by atoms with Crippen LogP contribution in [-0.4, -0.2) is 18.2 Å². The maximum Gasteiger partial charge on any atom is 0.240 e. The Morgan fingerprint density at radius 2 is 2.16 bits per heavy atom. The van der Waals surface area contributed by atoms with Crippen LogP contribution in [-0.2, 0) is 23.6 Å². The third kappa shape index (κ3) is 2.94. The van der Waals surface area contributed by atoms with Gasteiger partial charge in [0, 0.05) is 19.2 Å². The van der Waals surface area contributed by atoms with Crippen molar-refractivity contribution in [2.24, 2.45) is 7.05 Å². The average Bonchev–Trinajstić information content (AvgIpc) is 2.68. The molecule has 0 aliphatic carbocycles. The Balaban J connectivity index is 2.17. The molecule has 3 N–H and O–H groups in total. The number of nitrogens with one attached hydrogen (secondary N) is 1. The van der Waals surface area contributed by atoms with Crippen molar-refractivity contribution in [1.82, 2.24) is 14.5 Å². The Morgan fingerprint density at radius 3 is 2.74 bits per heavy atom. The van der Waals surface area contributed by atoms with E-state index in [1.807, 2.05) is 13.0 Å². The zero-order valence-corrected chi connectivity index (χ0v) is 11.6. The van der Waals surface area contributed by atoms with Crippen LogP contribution >= 0.6 is 0 Å². The summed E-state index contributed by atoms with van der Waals surface area (Å²) in [7, 11) is -1.83. The number of nitrogens with two attached hydrogens (primary N) is 1. The molecule has 0 radical (unpaired) electrons.